The van der Waals surface area contributed by atoms with Crippen molar-refractivity contribution in [2.24, 2.45) is 5.92 Å². The molecule has 0 aromatic carbocycles. The van der Waals surface area contributed by atoms with Crippen molar-refractivity contribution in [2.45, 2.75) is 59.3 Å². The SMILES string of the molecule is CCCCCCOC(=O)CCCOCCOCC(C)C. The molecule has 0 atom stereocenters. The first-order chi connectivity index (χ1) is 9.66. The van der Waals surface area contributed by atoms with Gasteiger partial charge in [-0.3, -0.25) is 4.79 Å². The second kappa shape index (κ2) is 14.8. The fraction of sp³-hybridized carbons (Fsp3) is 0.938. The molecule has 0 saturated heterocycles. The molecule has 0 aromatic heterocycles. The predicted molar refractivity (Wildman–Crippen MR) is 80.8 cm³/mol. The van der Waals surface area contributed by atoms with E-state index in [-0.39, 0.29) is 5.97 Å². The van der Waals surface area contributed by atoms with Gasteiger partial charge in [0.05, 0.1) is 19.8 Å². The minimum Gasteiger partial charge on any atom is -0.466 e. The van der Waals surface area contributed by atoms with Gasteiger partial charge in [-0.05, 0) is 18.8 Å². The normalized spacial score (nSPS) is 11.0. The zero-order valence-electron chi connectivity index (χ0n) is 13.5. The number of rotatable bonds is 14. The molecular formula is C16H32O4. The Hall–Kier alpha value is -0.610. The maximum Gasteiger partial charge on any atom is 0.305 e. The van der Waals surface area contributed by atoms with Crippen molar-refractivity contribution < 1.29 is 19.0 Å². The van der Waals surface area contributed by atoms with Crippen LogP contribution in [-0.4, -0.2) is 39.0 Å². The molecular weight excluding hydrogens is 256 g/mol. The van der Waals surface area contributed by atoms with Gasteiger partial charge in [-0.1, -0.05) is 40.0 Å². The lowest BCUT2D eigenvalue weighted by atomic mass is 10.2. The summed E-state index contributed by atoms with van der Waals surface area (Å²) in [6.45, 7) is 9.55. The topological polar surface area (TPSA) is 44.8 Å². The average Bonchev–Trinajstić information content (AvgIpc) is 2.41. The van der Waals surface area contributed by atoms with E-state index in [4.69, 9.17) is 14.2 Å². The fourth-order valence-electron chi connectivity index (χ4n) is 1.64. The third kappa shape index (κ3) is 15.4. The number of hydrogen-bond donors (Lipinski definition) is 0. The Kier molecular flexibility index (Phi) is 14.3. The fourth-order valence-corrected chi connectivity index (χ4v) is 1.64. The van der Waals surface area contributed by atoms with Crippen molar-refractivity contribution in [3.63, 3.8) is 0 Å². The first kappa shape index (κ1) is 19.4. The third-order valence-electron chi connectivity index (χ3n) is 2.75. The third-order valence-corrected chi connectivity index (χ3v) is 2.75. The van der Waals surface area contributed by atoms with E-state index in [0.717, 1.165) is 25.9 Å². The Morgan fingerprint density at radius 2 is 1.65 bits per heavy atom. The van der Waals surface area contributed by atoms with Gasteiger partial charge in [0.25, 0.3) is 0 Å². The van der Waals surface area contributed by atoms with Crippen molar-refractivity contribution in [2.75, 3.05) is 33.0 Å². The highest BCUT2D eigenvalue weighted by atomic mass is 16.5. The molecule has 0 unspecified atom stereocenters. The lowest BCUT2D eigenvalue weighted by molar-refractivity contribution is -0.144. The van der Waals surface area contributed by atoms with Crippen LogP contribution in [0, 0.1) is 5.92 Å². The molecule has 4 heteroatoms. The highest BCUT2D eigenvalue weighted by molar-refractivity contribution is 5.69. The molecule has 20 heavy (non-hydrogen) atoms. The van der Waals surface area contributed by atoms with Crippen LogP contribution in [-0.2, 0) is 19.0 Å². The van der Waals surface area contributed by atoms with Gasteiger partial charge in [0.1, 0.15) is 0 Å². The summed E-state index contributed by atoms with van der Waals surface area (Å²) in [5.41, 5.74) is 0. The van der Waals surface area contributed by atoms with Gasteiger partial charge in [-0.15, -0.1) is 0 Å². The molecule has 0 aliphatic carbocycles. The van der Waals surface area contributed by atoms with E-state index < -0.39 is 0 Å². The average molecular weight is 288 g/mol. The quantitative estimate of drug-likeness (QED) is 0.362. The second-order valence-corrected chi connectivity index (χ2v) is 5.47. The van der Waals surface area contributed by atoms with Crippen LogP contribution in [0.15, 0.2) is 0 Å². The molecule has 0 saturated carbocycles. The van der Waals surface area contributed by atoms with Crippen LogP contribution in [0.3, 0.4) is 0 Å². The Bertz CT molecular complexity index is 217. The number of esters is 1. The Morgan fingerprint density at radius 3 is 2.35 bits per heavy atom. The molecule has 0 bridgehead atoms. The summed E-state index contributed by atoms with van der Waals surface area (Å²) < 4.78 is 15.9. The van der Waals surface area contributed by atoms with Crippen LogP contribution in [0.2, 0.25) is 0 Å². The molecule has 0 rings (SSSR count). The first-order valence-corrected chi connectivity index (χ1v) is 7.98. The Morgan fingerprint density at radius 1 is 0.900 bits per heavy atom. The predicted octanol–water partition coefficient (Wildman–Crippen LogP) is 3.58. The highest BCUT2D eigenvalue weighted by Crippen LogP contribution is 2.01. The van der Waals surface area contributed by atoms with Gasteiger partial charge in [0.2, 0.25) is 0 Å². The van der Waals surface area contributed by atoms with Crippen LogP contribution >= 0.6 is 0 Å². The van der Waals surface area contributed by atoms with E-state index >= 15 is 0 Å². The summed E-state index contributed by atoms with van der Waals surface area (Å²) in [5.74, 6) is 0.447. The Balaban J connectivity index is 3.15. The van der Waals surface area contributed by atoms with Gasteiger partial charge in [-0.25, -0.2) is 0 Å². The summed E-state index contributed by atoms with van der Waals surface area (Å²) in [5, 5.41) is 0. The number of unbranched alkanes of at least 4 members (excludes halogenated alkanes) is 3. The molecule has 0 N–H and O–H groups in total. The van der Waals surface area contributed by atoms with Crippen LogP contribution < -0.4 is 0 Å². The van der Waals surface area contributed by atoms with Gasteiger partial charge in [0, 0.05) is 19.6 Å². The maximum absolute atomic E-state index is 11.4. The highest BCUT2D eigenvalue weighted by Gasteiger charge is 2.02. The van der Waals surface area contributed by atoms with E-state index in [1.807, 2.05) is 0 Å². The zero-order chi connectivity index (χ0) is 15.1. The molecule has 0 radical (unpaired) electrons. The largest absolute Gasteiger partial charge is 0.466 e. The van der Waals surface area contributed by atoms with Gasteiger partial charge >= 0.3 is 5.97 Å². The minimum absolute atomic E-state index is 0.110. The van der Waals surface area contributed by atoms with Crippen LogP contribution in [0.25, 0.3) is 0 Å². The number of ether oxygens (including phenoxy) is 3. The molecule has 0 aliphatic rings. The summed E-state index contributed by atoms with van der Waals surface area (Å²) >= 11 is 0. The second-order valence-electron chi connectivity index (χ2n) is 5.47. The van der Waals surface area contributed by atoms with E-state index in [0.29, 0.717) is 38.8 Å². The van der Waals surface area contributed by atoms with Crippen molar-refractivity contribution >= 4 is 5.97 Å². The van der Waals surface area contributed by atoms with E-state index in [2.05, 4.69) is 20.8 Å². The molecule has 0 aromatic rings. The van der Waals surface area contributed by atoms with E-state index in [9.17, 15) is 4.79 Å². The number of hydrogen-bond acceptors (Lipinski definition) is 4. The summed E-state index contributed by atoms with van der Waals surface area (Å²) in [6.07, 6.45) is 5.70. The van der Waals surface area contributed by atoms with Gasteiger partial charge < -0.3 is 14.2 Å². The lowest BCUT2D eigenvalue weighted by Crippen LogP contribution is -2.10. The van der Waals surface area contributed by atoms with Crippen LogP contribution in [0.1, 0.15) is 59.3 Å². The van der Waals surface area contributed by atoms with Crippen molar-refractivity contribution in [3.8, 4) is 0 Å². The minimum atomic E-state index is -0.110. The van der Waals surface area contributed by atoms with Crippen LogP contribution in [0.4, 0.5) is 0 Å². The van der Waals surface area contributed by atoms with Crippen molar-refractivity contribution in [1.82, 2.24) is 0 Å². The van der Waals surface area contributed by atoms with Crippen molar-refractivity contribution in [3.05, 3.63) is 0 Å². The maximum atomic E-state index is 11.4. The molecule has 0 fully saturated rings. The molecule has 0 spiro atoms. The molecule has 0 heterocycles. The zero-order valence-corrected chi connectivity index (χ0v) is 13.5. The molecule has 4 nitrogen and oxygen atoms in total. The van der Waals surface area contributed by atoms with Crippen molar-refractivity contribution in [1.29, 1.82) is 0 Å². The Labute approximate surface area is 124 Å². The standard InChI is InChI=1S/C16H32O4/c1-4-5-6-7-11-20-16(17)9-8-10-18-12-13-19-14-15(2)3/h15H,4-14H2,1-3H3. The molecule has 120 valence electrons. The smallest absolute Gasteiger partial charge is 0.305 e. The lowest BCUT2D eigenvalue weighted by Gasteiger charge is -2.07. The summed E-state index contributed by atoms with van der Waals surface area (Å²) in [6, 6.07) is 0. The number of carbonyl (C=O) groups excluding carboxylic acids is 1. The van der Waals surface area contributed by atoms with Gasteiger partial charge in [-0.2, -0.15) is 0 Å². The van der Waals surface area contributed by atoms with E-state index in [1.165, 1.54) is 12.8 Å². The first-order valence-electron chi connectivity index (χ1n) is 7.98. The summed E-state index contributed by atoms with van der Waals surface area (Å²) in [7, 11) is 0. The molecule has 0 amide bonds. The summed E-state index contributed by atoms with van der Waals surface area (Å²) in [4.78, 5) is 11.4. The number of carbonyl (C=O) groups is 1. The van der Waals surface area contributed by atoms with Crippen LogP contribution in [0.5, 0.6) is 0 Å². The van der Waals surface area contributed by atoms with Gasteiger partial charge in [0.15, 0.2) is 0 Å². The monoisotopic (exact) mass is 288 g/mol. The van der Waals surface area contributed by atoms with E-state index in [1.54, 1.807) is 0 Å². The molecule has 0 aliphatic heterocycles.